The van der Waals surface area contributed by atoms with E-state index < -0.39 is 0 Å². The minimum absolute atomic E-state index is 0.0174. The van der Waals surface area contributed by atoms with Crippen LogP contribution >= 0.6 is 11.3 Å². The highest BCUT2D eigenvalue weighted by molar-refractivity contribution is 7.11. The van der Waals surface area contributed by atoms with Crippen LogP contribution in [0.2, 0.25) is 0 Å². The first kappa shape index (κ1) is 17.4. The van der Waals surface area contributed by atoms with Crippen LogP contribution in [0.25, 0.3) is 0 Å². The van der Waals surface area contributed by atoms with Gasteiger partial charge in [0.15, 0.2) is 5.01 Å². The fraction of sp³-hybridized carbons (Fsp3) is 0.526. The van der Waals surface area contributed by atoms with Gasteiger partial charge in [-0.2, -0.15) is 0 Å². The van der Waals surface area contributed by atoms with E-state index in [9.17, 15) is 9.59 Å². The predicted molar refractivity (Wildman–Crippen MR) is 102 cm³/mol. The van der Waals surface area contributed by atoms with Crippen molar-refractivity contribution in [2.75, 3.05) is 19.6 Å². The second kappa shape index (κ2) is 6.96. The lowest BCUT2D eigenvalue weighted by Gasteiger charge is -2.43. The van der Waals surface area contributed by atoms with Crippen LogP contribution in [0, 0.1) is 5.92 Å². The van der Waals surface area contributed by atoms with Crippen molar-refractivity contribution in [1.82, 2.24) is 20.2 Å². The predicted octanol–water partition coefficient (Wildman–Crippen LogP) is 2.11. The maximum absolute atomic E-state index is 12.5. The van der Waals surface area contributed by atoms with Gasteiger partial charge in [-0.05, 0) is 24.3 Å². The molecule has 0 aliphatic carbocycles. The van der Waals surface area contributed by atoms with E-state index in [1.54, 1.807) is 6.07 Å². The van der Waals surface area contributed by atoms with Gasteiger partial charge < -0.3 is 15.2 Å². The molecule has 0 aromatic carbocycles. The third kappa shape index (κ3) is 3.10. The molecule has 2 aliphatic heterocycles. The largest absolute Gasteiger partial charge is 0.348 e. The summed E-state index contributed by atoms with van der Waals surface area (Å²) in [5.74, 6) is 0.881. The SMILES string of the molecule is CC(C)c1csc(C(=O)NC[C@H]2[C@@H]3CNC[C@@H](C3)c3cccc(=O)n32)n1. The molecule has 2 aromatic heterocycles. The molecule has 2 bridgehead atoms. The molecule has 1 fully saturated rings. The summed E-state index contributed by atoms with van der Waals surface area (Å²) in [6.07, 6.45) is 1.06. The van der Waals surface area contributed by atoms with Gasteiger partial charge in [-0.1, -0.05) is 19.9 Å². The van der Waals surface area contributed by atoms with E-state index in [0.717, 1.165) is 30.9 Å². The first-order valence-electron chi connectivity index (χ1n) is 9.20. The lowest BCUT2D eigenvalue weighted by Crippen LogP contribution is -2.50. The molecule has 1 amide bonds. The highest BCUT2D eigenvalue weighted by Crippen LogP contribution is 2.38. The summed E-state index contributed by atoms with van der Waals surface area (Å²) in [5.41, 5.74) is 2.05. The minimum atomic E-state index is -0.154. The number of fused-ring (bicyclic) bond motifs is 4. The molecule has 0 saturated carbocycles. The molecule has 1 saturated heterocycles. The Kier molecular flexibility index (Phi) is 4.67. The molecule has 2 aliphatic rings. The number of thiazole rings is 1. The molecule has 6 nitrogen and oxygen atoms in total. The molecular weight excluding hydrogens is 348 g/mol. The highest BCUT2D eigenvalue weighted by Gasteiger charge is 2.37. The highest BCUT2D eigenvalue weighted by atomic mass is 32.1. The van der Waals surface area contributed by atoms with Gasteiger partial charge in [-0.15, -0.1) is 11.3 Å². The monoisotopic (exact) mass is 372 g/mol. The number of aromatic nitrogens is 2. The van der Waals surface area contributed by atoms with Gasteiger partial charge in [0.1, 0.15) is 0 Å². The van der Waals surface area contributed by atoms with Crippen molar-refractivity contribution in [2.24, 2.45) is 5.92 Å². The van der Waals surface area contributed by atoms with Crippen molar-refractivity contribution >= 4 is 17.2 Å². The Hall–Kier alpha value is -1.99. The molecule has 4 heterocycles. The summed E-state index contributed by atoms with van der Waals surface area (Å²) in [5, 5.41) is 8.92. The number of pyridine rings is 1. The molecule has 0 unspecified atom stereocenters. The molecule has 138 valence electrons. The van der Waals surface area contributed by atoms with Gasteiger partial charge in [0.25, 0.3) is 11.5 Å². The molecule has 2 aromatic rings. The van der Waals surface area contributed by atoms with Gasteiger partial charge in [-0.25, -0.2) is 4.98 Å². The fourth-order valence-corrected chi connectivity index (χ4v) is 4.99. The molecule has 2 N–H and O–H groups in total. The number of hydrogen-bond donors (Lipinski definition) is 2. The summed E-state index contributed by atoms with van der Waals surface area (Å²) in [4.78, 5) is 29.5. The van der Waals surface area contributed by atoms with Crippen molar-refractivity contribution < 1.29 is 4.79 Å². The molecule has 4 rings (SSSR count). The Morgan fingerprint density at radius 3 is 3.04 bits per heavy atom. The molecule has 3 atom stereocenters. The Bertz CT molecular complexity index is 872. The average Bonchev–Trinajstić information content (AvgIpc) is 3.13. The van der Waals surface area contributed by atoms with E-state index in [2.05, 4.69) is 29.5 Å². The smallest absolute Gasteiger partial charge is 0.280 e. The Labute approximate surface area is 156 Å². The molecular formula is C19H24N4O2S. The van der Waals surface area contributed by atoms with Crippen LogP contribution in [-0.2, 0) is 0 Å². The first-order valence-corrected chi connectivity index (χ1v) is 10.1. The molecule has 0 radical (unpaired) electrons. The van der Waals surface area contributed by atoms with Crippen molar-refractivity contribution in [3.63, 3.8) is 0 Å². The van der Waals surface area contributed by atoms with Crippen LogP contribution < -0.4 is 16.2 Å². The van der Waals surface area contributed by atoms with Crippen LogP contribution in [0.5, 0.6) is 0 Å². The number of carbonyl (C=O) groups is 1. The Morgan fingerprint density at radius 1 is 1.42 bits per heavy atom. The summed E-state index contributed by atoms with van der Waals surface area (Å²) < 4.78 is 1.90. The maximum Gasteiger partial charge on any atom is 0.280 e. The van der Waals surface area contributed by atoms with E-state index in [1.165, 1.54) is 11.3 Å². The molecule has 7 heteroatoms. The summed E-state index contributed by atoms with van der Waals surface area (Å²) in [6, 6.07) is 5.47. The van der Waals surface area contributed by atoms with Crippen LogP contribution in [0.15, 0.2) is 28.4 Å². The number of carbonyl (C=O) groups excluding carboxylic acids is 1. The van der Waals surface area contributed by atoms with E-state index >= 15 is 0 Å². The van der Waals surface area contributed by atoms with E-state index in [0.29, 0.717) is 29.3 Å². The zero-order valence-corrected chi connectivity index (χ0v) is 15.9. The van der Waals surface area contributed by atoms with Gasteiger partial charge >= 0.3 is 0 Å². The standard InChI is InChI=1S/C19H24N4O2S/c1-11(2)14-10-26-19(22-14)18(25)21-9-16-13-6-12(7-20-8-13)15-4-3-5-17(24)23(15)16/h3-5,10-13,16,20H,6-9H2,1-2H3,(H,21,25)/t12-,13+,16+/m1/s1. The van der Waals surface area contributed by atoms with Crippen LogP contribution in [0.1, 0.15) is 59.3 Å². The van der Waals surface area contributed by atoms with Crippen molar-refractivity contribution in [2.45, 2.75) is 38.1 Å². The van der Waals surface area contributed by atoms with Gasteiger partial charge in [0.2, 0.25) is 0 Å². The lowest BCUT2D eigenvalue weighted by atomic mass is 9.79. The Morgan fingerprint density at radius 2 is 2.27 bits per heavy atom. The average molecular weight is 372 g/mol. The topological polar surface area (TPSA) is 76.0 Å². The third-order valence-corrected chi connectivity index (χ3v) is 6.34. The Balaban J connectivity index is 1.55. The maximum atomic E-state index is 12.5. The number of nitrogens with one attached hydrogen (secondary N) is 2. The van der Waals surface area contributed by atoms with Crippen molar-refractivity contribution in [1.29, 1.82) is 0 Å². The normalized spacial score (nSPS) is 24.3. The first-order chi connectivity index (χ1) is 12.5. The quantitative estimate of drug-likeness (QED) is 0.862. The number of piperidine rings is 1. The van der Waals surface area contributed by atoms with Crippen LogP contribution in [0.4, 0.5) is 0 Å². The second-order valence-electron chi connectivity index (χ2n) is 7.52. The van der Waals surface area contributed by atoms with Gasteiger partial charge in [0, 0.05) is 42.7 Å². The summed E-state index contributed by atoms with van der Waals surface area (Å²) in [7, 11) is 0. The zero-order valence-electron chi connectivity index (χ0n) is 15.1. The van der Waals surface area contributed by atoms with Gasteiger partial charge in [-0.3, -0.25) is 9.59 Å². The zero-order chi connectivity index (χ0) is 18.3. The summed E-state index contributed by atoms with van der Waals surface area (Å²) >= 11 is 1.38. The number of rotatable bonds is 4. The van der Waals surface area contributed by atoms with Crippen LogP contribution in [-0.4, -0.2) is 35.1 Å². The summed E-state index contributed by atoms with van der Waals surface area (Å²) in [6.45, 7) is 6.37. The van der Waals surface area contributed by atoms with Gasteiger partial charge in [0.05, 0.1) is 11.7 Å². The molecule has 0 spiro atoms. The lowest BCUT2D eigenvalue weighted by molar-refractivity contribution is 0.0931. The number of hydrogen-bond acceptors (Lipinski definition) is 5. The van der Waals surface area contributed by atoms with E-state index in [-0.39, 0.29) is 17.5 Å². The second-order valence-corrected chi connectivity index (χ2v) is 8.38. The number of nitrogens with zero attached hydrogens (tertiary/aromatic N) is 2. The fourth-order valence-electron chi connectivity index (χ4n) is 4.10. The number of amides is 1. The van der Waals surface area contributed by atoms with E-state index in [4.69, 9.17) is 0 Å². The minimum Gasteiger partial charge on any atom is -0.348 e. The molecule has 26 heavy (non-hydrogen) atoms. The van der Waals surface area contributed by atoms with Crippen LogP contribution in [0.3, 0.4) is 0 Å². The van der Waals surface area contributed by atoms with E-state index in [1.807, 2.05) is 22.1 Å². The van der Waals surface area contributed by atoms with Crippen molar-refractivity contribution in [3.8, 4) is 0 Å². The van der Waals surface area contributed by atoms with Crippen molar-refractivity contribution in [3.05, 3.63) is 50.3 Å². The third-order valence-electron chi connectivity index (χ3n) is 5.48.